The lowest BCUT2D eigenvalue weighted by molar-refractivity contribution is -0.0993. The molecule has 1 saturated heterocycles. The molecule has 1 aromatic rings. The Bertz CT molecular complexity index is 634. The second-order valence-corrected chi connectivity index (χ2v) is 8.88. The van der Waals surface area contributed by atoms with Crippen molar-refractivity contribution >= 4 is 21.6 Å². The van der Waals surface area contributed by atoms with E-state index in [1.807, 2.05) is 24.3 Å². The molecule has 0 aliphatic carbocycles. The first-order valence-electron chi connectivity index (χ1n) is 7.83. The summed E-state index contributed by atoms with van der Waals surface area (Å²) in [7, 11) is -3.16. The monoisotopic (exact) mass is 360 g/mol. The van der Waals surface area contributed by atoms with Crippen molar-refractivity contribution in [3.8, 4) is 0 Å². The smallest absolute Gasteiger partial charge is 0.211 e. The van der Waals surface area contributed by atoms with E-state index in [1.54, 1.807) is 6.92 Å². The van der Waals surface area contributed by atoms with Gasteiger partial charge in [0.1, 0.15) is 0 Å². The maximum atomic E-state index is 11.6. The summed E-state index contributed by atoms with van der Waals surface area (Å²) in [6, 6.07) is 7.68. The molecule has 7 heteroatoms. The van der Waals surface area contributed by atoms with Crippen molar-refractivity contribution in [2.45, 2.75) is 32.4 Å². The zero-order valence-electron chi connectivity index (χ0n) is 13.9. The van der Waals surface area contributed by atoms with E-state index in [9.17, 15) is 8.42 Å². The van der Waals surface area contributed by atoms with Gasteiger partial charge in [-0.25, -0.2) is 13.1 Å². The molecule has 1 unspecified atom stereocenters. The number of morpholine rings is 1. The van der Waals surface area contributed by atoms with Gasteiger partial charge in [0.05, 0.1) is 18.5 Å². The lowest BCUT2D eigenvalue weighted by Crippen LogP contribution is -2.55. The molecular weight excluding hydrogens is 336 g/mol. The van der Waals surface area contributed by atoms with Crippen molar-refractivity contribution in [3.05, 3.63) is 34.9 Å². The number of benzene rings is 1. The second-order valence-electron chi connectivity index (χ2n) is 6.38. The van der Waals surface area contributed by atoms with Crippen molar-refractivity contribution in [1.29, 1.82) is 0 Å². The van der Waals surface area contributed by atoms with Crippen molar-refractivity contribution in [2.24, 2.45) is 0 Å². The van der Waals surface area contributed by atoms with Gasteiger partial charge in [-0.1, -0.05) is 29.8 Å². The molecule has 0 radical (unpaired) electrons. The highest BCUT2D eigenvalue weighted by atomic mass is 35.5. The van der Waals surface area contributed by atoms with E-state index in [0.29, 0.717) is 31.3 Å². The summed E-state index contributed by atoms with van der Waals surface area (Å²) in [6.07, 6.45) is -0.0977. The Morgan fingerprint density at radius 2 is 2.09 bits per heavy atom. The molecule has 1 fully saturated rings. The SMILES string of the molecule is CCS(=O)(=O)NCCN1CC(c2ccccc2Cl)OCC1(C)C. The Labute approximate surface area is 144 Å². The molecule has 1 atom stereocenters. The molecule has 130 valence electrons. The number of sulfonamides is 1. The summed E-state index contributed by atoms with van der Waals surface area (Å²) >= 11 is 6.27. The van der Waals surface area contributed by atoms with Crippen LogP contribution in [0.1, 0.15) is 32.4 Å². The summed E-state index contributed by atoms with van der Waals surface area (Å²) in [6.45, 7) is 8.13. The zero-order valence-corrected chi connectivity index (χ0v) is 15.5. The summed E-state index contributed by atoms with van der Waals surface area (Å²) in [4.78, 5) is 2.25. The molecule has 1 N–H and O–H groups in total. The maximum Gasteiger partial charge on any atom is 0.211 e. The van der Waals surface area contributed by atoms with Crippen molar-refractivity contribution < 1.29 is 13.2 Å². The molecule has 0 aromatic heterocycles. The fraction of sp³-hybridized carbons (Fsp3) is 0.625. The Hall–Kier alpha value is -0.660. The van der Waals surface area contributed by atoms with E-state index in [2.05, 4.69) is 23.5 Å². The van der Waals surface area contributed by atoms with Gasteiger partial charge in [-0.2, -0.15) is 0 Å². The summed E-state index contributed by atoms with van der Waals surface area (Å²) in [5, 5.41) is 0.698. The fourth-order valence-electron chi connectivity index (χ4n) is 2.65. The van der Waals surface area contributed by atoms with Gasteiger partial charge in [0, 0.05) is 35.8 Å². The third kappa shape index (κ3) is 4.90. The summed E-state index contributed by atoms with van der Waals surface area (Å²) in [5.74, 6) is 0.0990. The van der Waals surface area contributed by atoms with Crippen LogP contribution in [0.2, 0.25) is 5.02 Å². The van der Waals surface area contributed by atoms with Crippen molar-refractivity contribution in [1.82, 2.24) is 9.62 Å². The highest BCUT2D eigenvalue weighted by Gasteiger charge is 2.35. The standard InChI is InChI=1S/C16H25ClN2O3S/c1-4-23(20,21)18-9-10-19-11-15(22-12-16(19,2)3)13-7-5-6-8-14(13)17/h5-8,15,18H,4,9-12H2,1-3H3. The minimum absolute atomic E-state index is 0.0977. The van der Waals surface area contributed by atoms with Crippen LogP contribution in [-0.4, -0.2) is 50.9 Å². The largest absolute Gasteiger partial charge is 0.370 e. The van der Waals surface area contributed by atoms with Crippen LogP contribution in [0, 0.1) is 0 Å². The summed E-state index contributed by atoms with van der Waals surface area (Å²) in [5.41, 5.74) is 0.832. The lowest BCUT2D eigenvalue weighted by Gasteiger charge is -2.45. The molecule has 1 aliphatic rings. The number of halogens is 1. The molecule has 0 saturated carbocycles. The molecule has 0 amide bonds. The van der Waals surface area contributed by atoms with Gasteiger partial charge in [-0.05, 0) is 26.8 Å². The predicted molar refractivity (Wildman–Crippen MR) is 93.3 cm³/mol. The molecule has 0 bridgehead atoms. The molecule has 1 aliphatic heterocycles. The van der Waals surface area contributed by atoms with E-state index in [4.69, 9.17) is 16.3 Å². The van der Waals surface area contributed by atoms with Gasteiger partial charge in [0.2, 0.25) is 10.0 Å². The second kappa shape index (κ2) is 7.49. The minimum atomic E-state index is -3.16. The Kier molecular flexibility index (Phi) is 6.08. The van der Waals surface area contributed by atoms with Crippen LogP contribution >= 0.6 is 11.6 Å². The van der Waals surface area contributed by atoms with E-state index in [-0.39, 0.29) is 17.4 Å². The Morgan fingerprint density at radius 1 is 1.39 bits per heavy atom. The zero-order chi connectivity index (χ0) is 17.1. The van der Waals surface area contributed by atoms with Crippen LogP contribution < -0.4 is 4.72 Å². The quantitative estimate of drug-likeness (QED) is 0.846. The van der Waals surface area contributed by atoms with Crippen LogP contribution in [0.5, 0.6) is 0 Å². The van der Waals surface area contributed by atoms with Crippen LogP contribution in [-0.2, 0) is 14.8 Å². The highest BCUT2D eigenvalue weighted by molar-refractivity contribution is 7.89. The van der Waals surface area contributed by atoms with E-state index in [1.165, 1.54) is 0 Å². The maximum absolute atomic E-state index is 11.6. The number of nitrogens with zero attached hydrogens (tertiary/aromatic N) is 1. The molecule has 2 rings (SSSR count). The van der Waals surface area contributed by atoms with Crippen LogP contribution in [0.25, 0.3) is 0 Å². The Balaban J connectivity index is 2.03. The predicted octanol–water partition coefficient (Wildman–Crippen LogP) is 2.43. The molecule has 1 heterocycles. The molecule has 23 heavy (non-hydrogen) atoms. The van der Waals surface area contributed by atoms with Crippen LogP contribution in [0.15, 0.2) is 24.3 Å². The van der Waals surface area contributed by atoms with Gasteiger partial charge >= 0.3 is 0 Å². The highest BCUT2D eigenvalue weighted by Crippen LogP contribution is 2.33. The number of hydrogen-bond donors (Lipinski definition) is 1. The first kappa shape index (κ1) is 18.7. The van der Waals surface area contributed by atoms with E-state index < -0.39 is 10.0 Å². The van der Waals surface area contributed by atoms with E-state index in [0.717, 1.165) is 5.56 Å². The van der Waals surface area contributed by atoms with Crippen molar-refractivity contribution in [2.75, 3.05) is 32.0 Å². The molecule has 5 nitrogen and oxygen atoms in total. The van der Waals surface area contributed by atoms with Gasteiger partial charge in [-0.15, -0.1) is 0 Å². The van der Waals surface area contributed by atoms with Gasteiger partial charge in [-0.3, -0.25) is 4.90 Å². The van der Waals surface area contributed by atoms with Crippen molar-refractivity contribution in [3.63, 3.8) is 0 Å². The number of rotatable bonds is 6. The summed E-state index contributed by atoms with van der Waals surface area (Å²) < 4.78 is 31.7. The third-order valence-corrected chi connectivity index (χ3v) is 5.96. The third-order valence-electron chi connectivity index (χ3n) is 4.22. The first-order chi connectivity index (χ1) is 10.7. The van der Waals surface area contributed by atoms with Gasteiger partial charge in [0.15, 0.2) is 0 Å². The molecule has 1 aromatic carbocycles. The van der Waals surface area contributed by atoms with Gasteiger partial charge in [0.25, 0.3) is 0 Å². The van der Waals surface area contributed by atoms with Gasteiger partial charge < -0.3 is 4.74 Å². The molecule has 0 spiro atoms. The Morgan fingerprint density at radius 3 is 2.74 bits per heavy atom. The van der Waals surface area contributed by atoms with E-state index >= 15 is 0 Å². The fourth-order valence-corrected chi connectivity index (χ4v) is 3.52. The number of ether oxygens (including phenoxy) is 1. The average molecular weight is 361 g/mol. The number of nitrogens with one attached hydrogen (secondary N) is 1. The van der Waals surface area contributed by atoms with Crippen LogP contribution in [0.4, 0.5) is 0 Å². The normalized spacial score (nSPS) is 22.2. The topological polar surface area (TPSA) is 58.6 Å². The lowest BCUT2D eigenvalue weighted by atomic mass is 9.98. The van der Waals surface area contributed by atoms with Crippen LogP contribution in [0.3, 0.4) is 0 Å². The average Bonchev–Trinajstić information content (AvgIpc) is 2.49. The number of hydrogen-bond acceptors (Lipinski definition) is 4. The molecular formula is C16H25ClN2O3S. The first-order valence-corrected chi connectivity index (χ1v) is 9.86. The minimum Gasteiger partial charge on any atom is -0.370 e.